The van der Waals surface area contributed by atoms with Gasteiger partial charge in [0.25, 0.3) is 5.91 Å². The Morgan fingerprint density at radius 3 is 2.08 bits per heavy atom. The molecule has 0 saturated heterocycles. The van der Waals surface area contributed by atoms with Crippen molar-refractivity contribution in [3.8, 4) is 5.75 Å². The van der Waals surface area contributed by atoms with Gasteiger partial charge in [0.05, 0.1) is 16.9 Å². The first kappa shape index (κ1) is 22.9. The number of fused-ring (bicyclic) bond motifs is 1. The van der Waals surface area contributed by atoms with Crippen molar-refractivity contribution in [2.45, 2.75) is 6.42 Å². The van der Waals surface area contributed by atoms with Crippen LogP contribution in [0.3, 0.4) is 0 Å². The molecule has 0 spiro atoms. The molecule has 0 atom stereocenters. The Balaban J connectivity index is 1.31. The van der Waals surface area contributed by atoms with E-state index in [0.29, 0.717) is 29.9 Å². The number of nitrogens with one attached hydrogen (secondary N) is 2. The van der Waals surface area contributed by atoms with Crippen LogP contribution in [0.1, 0.15) is 15.9 Å². The lowest BCUT2D eigenvalue weighted by atomic mass is 10.1. The maximum atomic E-state index is 13.4. The highest BCUT2D eigenvalue weighted by Crippen LogP contribution is 2.28. The Morgan fingerprint density at radius 1 is 0.750 bits per heavy atom. The van der Waals surface area contributed by atoms with Crippen LogP contribution >= 0.6 is 0 Å². The molecule has 178 valence electrons. The molecule has 6 nitrogen and oxygen atoms in total. The average Bonchev–Trinajstić information content (AvgIpc) is 3.33. The summed E-state index contributed by atoms with van der Waals surface area (Å²) >= 11 is 0. The van der Waals surface area contributed by atoms with E-state index in [9.17, 15) is 9.59 Å². The molecule has 4 aromatic carbocycles. The molecule has 2 amide bonds. The van der Waals surface area contributed by atoms with Crippen LogP contribution in [0.5, 0.6) is 5.75 Å². The summed E-state index contributed by atoms with van der Waals surface area (Å²) in [5.41, 5.74) is 3.82. The van der Waals surface area contributed by atoms with Gasteiger partial charge in [-0.1, -0.05) is 66.7 Å². The average molecular weight is 476 g/mol. The first-order valence-electron chi connectivity index (χ1n) is 11.7. The predicted octanol–water partition coefficient (Wildman–Crippen LogP) is 6.48. The van der Waals surface area contributed by atoms with E-state index in [1.165, 1.54) is 4.90 Å². The van der Waals surface area contributed by atoms with E-state index in [1.54, 1.807) is 24.3 Å². The lowest BCUT2D eigenvalue weighted by Crippen LogP contribution is -2.31. The minimum Gasteiger partial charge on any atom is -0.409 e. The second-order valence-electron chi connectivity index (χ2n) is 8.24. The molecule has 5 rings (SSSR count). The van der Waals surface area contributed by atoms with E-state index >= 15 is 0 Å². The number of aromatic nitrogens is 1. The summed E-state index contributed by atoms with van der Waals surface area (Å²) in [4.78, 5) is 31.1. The van der Waals surface area contributed by atoms with Gasteiger partial charge in [0.2, 0.25) is 0 Å². The van der Waals surface area contributed by atoms with Gasteiger partial charge in [0.15, 0.2) is 0 Å². The molecule has 0 bridgehead atoms. The lowest BCUT2D eigenvalue weighted by Gasteiger charge is -2.22. The van der Waals surface area contributed by atoms with E-state index in [-0.39, 0.29) is 11.7 Å². The molecule has 6 heteroatoms. The van der Waals surface area contributed by atoms with Gasteiger partial charge < -0.3 is 15.0 Å². The Kier molecular flexibility index (Phi) is 6.76. The highest BCUT2D eigenvalue weighted by Gasteiger charge is 2.22. The Labute approximate surface area is 209 Å². The first-order valence-corrected chi connectivity index (χ1v) is 11.7. The van der Waals surface area contributed by atoms with Crippen LogP contribution in [-0.2, 0) is 6.42 Å². The Bertz CT molecular complexity index is 1440. The van der Waals surface area contributed by atoms with Crippen molar-refractivity contribution in [2.75, 3.05) is 11.4 Å². The molecule has 0 aliphatic heterocycles. The number of nitrogens with zero attached hydrogens (tertiary/aromatic N) is 1. The SMILES string of the molecule is O=C(NCCc1c[nH]c2ccccc12)c1ccccc1OC(=O)N(c1ccccc1)c1ccccc1. The van der Waals surface area contributed by atoms with Gasteiger partial charge in [0.1, 0.15) is 5.75 Å². The number of H-pyrrole nitrogens is 1. The minimum absolute atomic E-state index is 0.198. The van der Waals surface area contributed by atoms with Gasteiger partial charge in [-0.2, -0.15) is 0 Å². The molecular formula is C30H25N3O3. The van der Waals surface area contributed by atoms with Gasteiger partial charge in [-0.15, -0.1) is 0 Å². The monoisotopic (exact) mass is 475 g/mol. The van der Waals surface area contributed by atoms with Crippen molar-refractivity contribution in [2.24, 2.45) is 0 Å². The molecule has 1 aromatic heterocycles. The van der Waals surface area contributed by atoms with Crippen molar-refractivity contribution < 1.29 is 14.3 Å². The summed E-state index contributed by atoms with van der Waals surface area (Å²) in [6.45, 7) is 0.448. The number of hydrogen-bond donors (Lipinski definition) is 2. The minimum atomic E-state index is -0.605. The van der Waals surface area contributed by atoms with E-state index in [1.807, 2.05) is 85.1 Å². The van der Waals surface area contributed by atoms with Crippen molar-refractivity contribution >= 4 is 34.3 Å². The summed E-state index contributed by atoms with van der Waals surface area (Å²) in [6, 6.07) is 33.3. The fourth-order valence-corrected chi connectivity index (χ4v) is 4.14. The van der Waals surface area contributed by atoms with Gasteiger partial charge in [-0.05, 0) is 54.4 Å². The van der Waals surface area contributed by atoms with Crippen LogP contribution in [0.25, 0.3) is 10.9 Å². The molecule has 0 fully saturated rings. The van der Waals surface area contributed by atoms with Crippen LogP contribution in [0, 0.1) is 0 Å². The zero-order valence-corrected chi connectivity index (χ0v) is 19.6. The first-order chi connectivity index (χ1) is 17.7. The maximum absolute atomic E-state index is 13.4. The third-order valence-electron chi connectivity index (χ3n) is 5.90. The van der Waals surface area contributed by atoms with E-state index in [0.717, 1.165) is 16.5 Å². The predicted molar refractivity (Wildman–Crippen MR) is 142 cm³/mol. The molecule has 0 aliphatic rings. The second-order valence-corrected chi connectivity index (χ2v) is 8.24. The summed E-state index contributed by atoms with van der Waals surface area (Å²) in [5.74, 6) is -0.104. The quantitative estimate of drug-likeness (QED) is 0.283. The normalized spacial score (nSPS) is 10.7. The molecule has 36 heavy (non-hydrogen) atoms. The summed E-state index contributed by atoms with van der Waals surface area (Å²) in [7, 11) is 0. The van der Waals surface area contributed by atoms with Crippen LogP contribution < -0.4 is 15.0 Å². The van der Waals surface area contributed by atoms with Crippen LogP contribution in [0.2, 0.25) is 0 Å². The molecule has 0 unspecified atom stereocenters. The third kappa shape index (κ3) is 4.98. The number of amides is 2. The number of ether oxygens (including phenoxy) is 1. The van der Waals surface area contributed by atoms with E-state index in [2.05, 4.69) is 16.4 Å². The van der Waals surface area contributed by atoms with Gasteiger partial charge in [0, 0.05) is 23.6 Å². The number of benzene rings is 4. The van der Waals surface area contributed by atoms with E-state index < -0.39 is 6.09 Å². The zero-order chi connectivity index (χ0) is 24.7. The van der Waals surface area contributed by atoms with Gasteiger partial charge in [-0.3, -0.25) is 4.79 Å². The van der Waals surface area contributed by atoms with E-state index in [4.69, 9.17) is 4.74 Å². The van der Waals surface area contributed by atoms with Crippen molar-refractivity contribution in [1.29, 1.82) is 0 Å². The molecular weight excluding hydrogens is 450 g/mol. The molecule has 0 saturated carbocycles. The molecule has 0 radical (unpaired) electrons. The molecule has 5 aromatic rings. The number of carbonyl (C=O) groups is 2. The van der Waals surface area contributed by atoms with Crippen molar-refractivity contribution in [1.82, 2.24) is 10.3 Å². The second kappa shape index (κ2) is 10.6. The fourth-order valence-electron chi connectivity index (χ4n) is 4.14. The standard InChI is InChI=1S/C30H25N3O3/c34-29(31-20-19-22-21-32-27-17-9-7-15-25(22)27)26-16-8-10-18-28(26)36-30(35)33(23-11-3-1-4-12-23)24-13-5-2-6-14-24/h1-18,21,32H,19-20H2,(H,31,34). The number of hydrogen-bond acceptors (Lipinski definition) is 3. The lowest BCUT2D eigenvalue weighted by molar-refractivity contribution is 0.0952. The topological polar surface area (TPSA) is 74.4 Å². The highest BCUT2D eigenvalue weighted by atomic mass is 16.6. The van der Waals surface area contributed by atoms with Crippen LogP contribution in [0.15, 0.2) is 115 Å². The summed E-state index contributed by atoms with van der Waals surface area (Å²) < 4.78 is 5.77. The molecule has 1 heterocycles. The Hall–Kier alpha value is -4.84. The highest BCUT2D eigenvalue weighted by molar-refractivity contribution is 6.00. The van der Waals surface area contributed by atoms with Crippen molar-refractivity contribution in [3.63, 3.8) is 0 Å². The summed E-state index contributed by atoms with van der Waals surface area (Å²) in [5, 5.41) is 4.09. The number of anilines is 2. The maximum Gasteiger partial charge on any atom is 0.424 e. The third-order valence-corrected chi connectivity index (χ3v) is 5.90. The largest absolute Gasteiger partial charge is 0.424 e. The molecule has 2 N–H and O–H groups in total. The van der Waals surface area contributed by atoms with Crippen LogP contribution in [0.4, 0.5) is 16.2 Å². The van der Waals surface area contributed by atoms with Crippen molar-refractivity contribution in [3.05, 3.63) is 127 Å². The fraction of sp³-hybridized carbons (Fsp3) is 0.0667. The number of rotatable bonds is 7. The number of aromatic amines is 1. The zero-order valence-electron chi connectivity index (χ0n) is 19.6. The van der Waals surface area contributed by atoms with Crippen LogP contribution in [-0.4, -0.2) is 23.5 Å². The molecule has 0 aliphatic carbocycles. The van der Waals surface area contributed by atoms with Gasteiger partial charge >= 0.3 is 6.09 Å². The smallest absolute Gasteiger partial charge is 0.409 e. The number of carbonyl (C=O) groups excluding carboxylic acids is 2. The summed E-state index contributed by atoms with van der Waals surface area (Å²) in [6.07, 6.45) is 2.04. The van der Waals surface area contributed by atoms with Gasteiger partial charge in [-0.25, -0.2) is 9.69 Å². The Morgan fingerprint density at radius 2 is 1.36 bits per heavy atom. The number of para-hydroxylation sites is 4.